The number of fused-ring (bicyclic) bond motifs is 1. The summed E-state index contributed by atoms with van der Waals surface area (Å²) in [6, 6.07) is 5.14. The number of anilines is 2. The number of rotatable bonds is 6. The summed E-state index contributed by atoms with van der Waals surface area (Å²) >= 11 is 6.74. The van der Waals surface area contributed by atoms with Crippen molar-refractivity contribution in [1.29, 1.82) is 0 Å². The lowest BCUT2D eigenvalue weighted by molar-refractivity contribution is 0.366. The van der Waals surface area contributed by atoms with Crippen LogP contribution in [0.3, 0.4) is 0 Å². The van der Waals surface area contributed by atoms with Crippen molar-refractivity contribution in [3.05, 3.63) is 59.0 Å². The zero-order valence-corrected chi connectivity index (χ0v) is 22.8. The number of imidazole rings is 1. The number of likely N-dealkylation sites (N-methyl/N-ethyl adjacent to an activating group) is 1. The van der Waals surface area contributed by atoms with Crippen LogP contribution in [0.4, 0.5) is 16.2 Å². The van der Waals surface area contributed by atoms with Gasteiger partial charge < -0.3 is 25.3 Å². The number of ether oxygens (including phenoxy) is 1. The van der Waals surface area contributed by atoms with Crippen molar-refractivity contribution in [2.24, 2.45) is 12.8 Å². The molecule has 1 atom stereocenters. The SMILES string of the molecule is CN1CC[C@H](n2nc(Nc3nc4ncc(O/C(=C/N)c5ccc(F)cn5)c(Cl)c4n3C)cc2C(C)(C)C)C1. The summed E-state index contributed by atoms with van der Waals surface area (Å²) in [4.78, 5) is 15.4. The van der Waals surface area contributed by atoms with Gasteiger partial charge in [0.25, 0.3) is 0 Å². The van der Waals surface area contributed by atoms with E-state index >= 15 is 0 Å². The van der Waals surface area contributed by atoms with E-state index in [1.54, 1.807) is 4.57 Å². The van der Waals surface area contributed by atoms with Crippen molar-refractivity contribution < 1.29 is 9.13 Å². The molecule has 1 aliphatic rings. The van der Waals surface area contributed by atoms with Gasteiger partial charge in [-0.05, 0) is 32.1 Å². The predicted molar refractivity (Wildman–Crippen MR) is 146 cm³/mol. The molecule has 12 heteroatoms. The first-order valence-corrected chi connectivity index (χ1v) is 12.7. The number of nitrogens with zero attached hydrogens (tertiary/aromatic N) is 7. The number of aryl methyl sites for hydroxylation is 1. The molecule has 4 aromatic rings. The summed E-state index contributed by atoms with van der Waals surface area (Å²) in [5.74, 6) is 1.25. The smallest absolute Gasteiger partial charge is 0.210 e. The first-order valence-electron chi connectivity index (χ1n) is 12.3. The zero-order chi connectivity index (χ0) is 27.2. The van der Waals surface area contributed by atoms with Crippen LogP contribution < -0.4 is 15.8 Å². The van der Waals surface area contributed by atoms with Crippen molar-refractivity contribution in [3.63, 3.8) is 0 Å². The quantitative estimate of drug-likeness (QED) is 0.342. The molecule has 4 aromatic heterocycles. The fraction of sp³-hybridized carbons (Fsp3) is 0.385. The average Bonchev–Trinajstić information content (AvgIpc) is 3.57. The minimum absolute atomic E-state index is 0.0782. The molecule has 0 bridgehead atoms. The molecule has 0 amide bonds. The van der Waals surface area contributed by atoms with Gasteiger partial charge in [-0.25, -0.2) is 14.4 Å². The Labute approximate surface area is 225 Å². The van der Waals surface area contributed by atoms with Gasteiger partial charge in [0.2, 0.25) is 5.95 Å². The van der Waals surface area contributed by atoms with Gasteiger partial charge in [-0.15, -0.1) is 0 Å². The Kier molecular flexibility index (Phi) is 6.74. The molecule has 1 aliphatic heterocycles. The highest BCUT2D eigenvalue weighted by atomic mass is 35.5. The normalized spacial score (nSPS) is 16.9. The largest absolute Gasteiger partial charge is 0.450 e. The molecule has 0 radical (unpaired) electrons. The number of hydrogen-bond acceptors (Lipinski definition) is 8. The fourth-order valence-corrected chi connectivity index (χ4v) is 4.93. The summed E-state index contributed by atoms with van der Waals surface area (Å²) < 4.78 is 23.2. The maximum Gasteiger partial charge on any atom is 0.210 e. The molecule has 38 heavy (non-hydrogen) atoms. The molecular weight excluding hydrogens is 509 g/mol. The topological polar surface area (TPSA) is 112 Å². The molecule has 0 saturated carbocycles. The second-order valence-corrected chi connectivity index (χ2v) is 10.9. The Morgan fingerprint density at radius 3 is 2.66 bits per heavy atom. The Balaban J connectivity index is 1.45. The van der Waals surface area contributed by atoms with Crippen LogP contribution in [0.2, 0.25) is 5.02 Å². The van der Waals surface area contributed by atoms with Gasteiger partial charge >= 0.3 is 0 Å². The van der Waals surface area contributed by atoms with Crippen LogP contribution in [0.15, 0.2) is 36.8 Å². The van der Waals surface area contributed by atoms with E-state index in [-0.39, 0.29) is 16.9 Å². The van der Waals surface area contributed by atoms with Gasteiger partial charge in [-0.2, -0.15) is 10.1 Å². The monoisotopic (exact) mass is 539 g/mol. The number of hydrogen-bond donors (Lipinski definition) is 2. The molecule has 0 aromatic carbocycles. The Bertz CT molecular complexity index is 1500. The maximum atomic E-state index is 13.3. The average molecular weight is 540 g/mol. The molecule has 5 heterocycles. The summed E-state index contributed by atoms with van der Waals surface area (Å²) in [7, 11) is 3.97. The minimum Gasteiger partial charge on any atom is -0.450 e. The summed E-state index contributed by atoms with van der Waals surface area (Å²) in [5.41, 5.74) is 8.20. The standard InChI is InChI=1S/C26H31ClFN9O/c1-26(2,3)20-10-21(34-37(20)16-8-9-35(4)14-16)32-25-33-24-23(36(25)5)22(27)19(13-31-24)38-18(11-29)17-7-6-15(28)12-30-17/h6-7,10-13,16H,8-9,14,29H2,1-5H3,(H,31,32,33,34)/b18-11+/t16-/m0/s1. The number of likely N-dealkylation sites (tertiary alicyclic amines) is 1. The van der Waals surface area contributed by atoms with E-state index in [4.69, 9.17) is 27.2 Å². The number of aromatic nitrogens is 6. The van der Waals surface area contributed by atoms with Crippen molar-refractivity contribution in [2.75, 3.05) is 25.5 Å². The highest BCUT2D eigenvalue weighted by molar-refractivity contribution is 6.36. The number of nitrogens with two attached hydrogens (primary N) is 1. The number of nitrogens with one attached hydrogen (secondary N) is 1. The second-order valence-electron chi connectivity index (χ2n) is 10.5. The number of pyridine rings is 2. The molecule has 0 aliphatic carbocycles. The highest BCUT2D eigenvalue weighted by Crippen LogP contribution is 2.36. The van der Waals surface area contributed by atoms with E-state index in [1.165, 1.54) is 24.5 Å². The van der Waals surface area contributed by atoms with Crippen molar-refractivity contribution in [3.8, 4) is 5.75 Å². The van der Waals surface area contributed by atoms with E-state index in [2.05, 4.69) is 63.7 Å². The van der Waals surface area contributed by atoms with Crippen LogP contribution in [0, 0.1) is 5.82 Å². The molecule has 3 N–H and O–H groups in total. The molecule has 1 fully saturated rings. The third kappa shape index (κ3) is 4.91. The first kappa shape index (κ1) is 25.9. The summed E-state index contributed by atoms with van der Waals surface area (Å²) in [6.45, 7) is 8.58. The Morgan fingerprint density at radius 2 is 2.03 bits per heavy atom. The van der Waals surface area contributed by atoms with Gasteiger partial charge in [0, 0.05) is 37.0 Å². The lowest BCUT2D eigenvalue weighted by Gasteiger charge is -2.23. The van der Waals surface area contributed by atoms with E-state index in [9.17, 15) is 4.39 Å². The van der Waals surface area contributed by atoms with Crippen molar-refractivity contribution >= 4 is 40.3 Å². The van der Waals surface area contributed by atoms with Crippen LogP contribution in [0.5, 0.6) is 5.75 Å². The third-order valence-corrected chi connectivity index (χ3v) is 6.98. The molecule has 1 saturated heterocycles. The Morgan fingerprint density at radius 1 is 1.24 bits per heavy atom. The minimum atomic E-state index is -0.462. The maximum absolute atomic E-state index is 13.3. The Hall–Kier alpha value is -3.70. The first-order chi connectivity index (χ1) is 18.0. The molecule has 0 spiro atoms. The van der Waals surface area contributed by atoms with Gasteiger partial charge in [0.05, 0.1) is 18.4 Å². The van der Waals surface area contributed by atoms with Crippen molar-refractivity contribution in [2.45, 2.75) is 38.6 Å². The van der Waals surface area contributed by atoms with Gasteiger partial charge in [-0.3, -0.25) is 4.68 Å². The van der Waals surface area contributed by atoms with Crippen LogP contribution >= 0.6 is 11.6 Å². The van der Waals surface area contributed by atoms with E-state index in [0.29, 0.717) is 39.7 Å². The van der Waals surface area contributed by atoms with Gasteiger partial charge in [0.15, 0.2) is 23.0 Å². The van der Waals surface area contributed by atoms with Crippen LogP contribution in [-0.2, 0) is 12.5 Å². The molecule has 5 rings (SSSR count). The summed E-state index contributed by atoms with van der Waals surface area (Å²) in [5, 5.41) is 8.57. The van der Waals surface area contributed by atoms with E-state index < -0.39 is 5.82 Å². The summed E-state index contributed by atoms with van der Waals surface area (Å²) in [6.07, 6.45) is 4.85. The third-order valence-electron chi connectivity index (χ3n) is 6.61. The van der Waals surface area contributed by atoms with Gasteiger partial charge in [0.1, 0.15) is 22.1 Å². The van der Waals surface area contributed by atoms with Crippen molar-refractivity contribution in [1.82, 2.24) is 34.2 Å². The highest BCUT2D eigenvalue weighted by Gasteiger charge is 2.29. The molecule has 200 valence electrons. The predicted octanol–water partition coefficient (Wildman–Crippen LogP) is 4.61. The van der Waals surface area contributed by atoms with E-state index in [1.807, 2.05) is 7.05 Å². The lowest BCUT2D eigenvalue weighted by atomic mass is 9.91. The fourth-order valence-electron chi connectivity index (χ4n) is 4.63. The molecule has 0 unspecified atom stereocenters. The molecular formula is C26H31ClFN9O. The van der Waals surface area contributed by atoms with Crippen LogP contribution in [-0.4, -0.2) is 54.3 Å². The second kappa shape index (κ2) is 9.88. The molecule has 10 nitrogen and oxygen atoms in total. The zero-order valence-electron chi connectivity index (χ0n) is 22.0. The number of halogens is 2. The lowest BCUT2D eigenvalue weighted by Crippen LogP contribution is -2.24. The van der Waals surface area contributed by atoms with Crippen LogP contribution in [0.25, 0.3) is 16.9 Å². The van der Waals surface area contributed by atoms with Crippen LogP contribution in [0.1, 0.15) is 44.6 Å². The van der Waals surface area contributed by atoms with Gasteiger partial charge in [-0.1, -0.05) is 32.4 Å². The van der Waals surface area contributed by atoms with E-state index in [0.717, 1.165) is 31.4 Å².